The van der Waals surface area contributed by atoms with Gasteiger partial charge in [0.15, 0.2) is 0 Å². The molecule has 0 bridgehead atoms. The van der Waals surface area contributed by atoms with Crippen LogP contribution in [0.25, 0.3) is 20.8 Å². The van der Waals surface area contributed by atoms with Gasteiger partial charge in [0.05, 0.1) is 23.4 Å². The van der Waals surface area contributed by atoms with Crippen molar-refractivity contribution in [2.24, 2.45) is 0 Å². The molecule has 0 radical (unpaired) electrons. The Morgan fingerprint density at radius 3 is 2.63 bits per heavy atom. The topological polar surface area (TPSA) is 45.7 Å². The highest BCUT2D eigenvalue weighted by Gasteiger charge is 2.15. The van der Waals surface area contributed by atoms with Gasteiger partial charge in [-0.3, -0.25) is 4.90 Å². The minimum atomic E-state index is -0.149. The Morgan fingerprint density at radius 1 is 1.22 bits per heavy atom. The maximum atomic E-state index is 12.3. The van der Waals surface area contributed by atoms with Crippen molar-refractivity contribution >= 4 is 33.3 Å². The maximum Gasteiger partial charge on any atom is 0.324 e. The fraction of sp³-hybridized carbons (Fsp3) is 0.238. The number of ether oxygens (including phenoxy) is 1. The second kappa shape index (κ2) is 8.11. The standard InChI is InChI=1S/C21H21N3O2S/c1-5-13-23(3)21(25)24(4)16-9-7-15(8-10-16)20-22-18-12-11-17(26-6-2)14-19(18)27-20/h1,7-12,14H,6,13H2,2-4H3. The van der Waals surface area contributed by atoms with Crippen molar-refractivity contribution in [3.63, 3.8) is 0 Å². The van der Waals surface area contributed by atoms with E-state index in [0.717, 1.165) is 32.2 Å². The van der Waals surface area contributed by atoms with Crippen LogP contribution in [-0.2, 0) is 0 Å². The lowest BCUT2D eigenvalue weighted by Gasteiger charge is -2.23. The highest BCUT2D eigenvalue weighted by molar-refractivity contribution is 7.21. The molecule has 0 aliphatic carbocycles. The van der Waals surface area contributed by atoms with Gasteiger partial charge in [-0.25, -0.2) is 9.78 Å². The molecule has 2 amide bonds. The summed E-state index contributed by atoms with van der Waals surface area (Å²) in [6, 6.07) is 13.5. The Balaban J connectivity index is 1.82. The highest BCUT2D eigenvalue weighted by atomic mass is 32.1. The molecular formula is C21H21N3O2S. The van der Waals surface area contributed by atoms with E-state index >= 15 is 0 Å². The molecule has 3 aromatic rings. The second-order valence-electron chi connectivity index (χ2n) is 6.03. The van der Waals surface area contributed by atoms with Gasteiger partial charge < -0.3 is 9.64 Å². The first kappa shape index (κ1) is 18.7. The number of terminal acetylenes is 1. The number of rotatable bonds is 5. The molecule has 5 nitrogen and oxygen atoms in total. The summed E-state index contributed by atoms with van der Waals surface area (Å²) in [5.74, 6) is 3.33. The van der Waals surface area contributed by atoms with Crippen molar-refractivity contribution in [3.8, 4) is 28.7 Å². The van der Waals surface area contributed by atoms with E-state index in [2.05, 4.69) is 5.92 Å². The predicted octanol–water partition coefficient (Wildman–Crippen LogP) is 4.48. The van der Waals surface area contributed by atoms with E-state index in [1.54, 1.807) is 30.3 Å². The summed E-state index contributed by atoms with van der Waals surface area (Å²) in [5, 5.41) is 0.934. The molecule has 0 unspecified atom stereocenters. The van der Waals surface area contributed by atoms with Crippen LogP contribution in [0.15, 0.2) is 42.5 Å². The largest absolute Gasteiger partial charge is 0.494 e. The van der Waals surface area contributed by atoms with Crippen molar-refractivity contribution < 1.29 is 9.53 Å². The Bertz CT molecular complexity index is 989. The minimum Gasteiger partial charge on any atom is -0.494 e. The molecule has 0 aliphatic rings. The van der Waals surface area contributed by atoms with Crippen molar-refractivity contribution in [2.75, 3.05) is 32.1 Å². The Hall–Kier alpha value is -3.04. The number of hydrogen-bond donors (Lipinski definition) is 0. The summed E-state index contributed by atoms with van der Waals surface area (Å²) in [6.45, 7) is 2.88. The van der Waals surface area contributed by atoms with E-state index in [9.17, 15) is 4.79 Å². The van der Waals surface area contributed by atoms with Crippen LogP contribution in [0.3, 0.4) is 0 Å². The Morgan fingerprint density at radius 2 is 1.96 bits per heavy atom. The zero-order chi connectivity index (χ0) is 19.4. The lowest BCUT2D eigenvalue weighted by Crippen LogP contribution is -2.38. The van der Waals surface area contributed by atoms with Crippen molar-refractivity contribution in [1.82, 2.24) is 9.88 Å². The molecule has 138 valence electrons. The van der Waals surface area contributed by atoms with Gasteiger partial charge in [0.2, 0.25) is 0 Å². The third kappa shape index (κ3) is 4.04. The number of benzene rings is 2. The minimum absolute atomic E-state index is 0.149. The molecule has 0 saturated carbocycles. The summed E-state index contributed by atoms with van der Waals surface area (Å²) >= 11 is 1.62. The molecule has 0 fully saturated rings. The SMILES string of the molecule is C#CCN(C)C(=O)N(C)c1ccc(-c2nc3ccc(OCC)cc3s2)cc1. The van der Waals surface area contributed by atoms with Crippen molar-refractivity contribution in [2.45, 2.75) is 6.92 Å². The number of urea groups is 1. The highest BCUT2D eigenvalue weighted by Crippen LogP contribution is 2.33. The maximum absolute atomic E-state index is 12.3. The number of thiazole rings is 1. The van der Waals surface area contributed by atoms with Gasteiger partial charge in [0, 0.05) is 25.3 Å². The molecule has 0 N–H and O–H groups in total. The van der Waals surface area contributed by atoms with E-state index < -0.39 is 0 Å². The van der Waals surface area contributed by atoms with Crippen LogP contribution < -0.4 is 9.64 Å². The summed E-state index contributed by atoms with van der Waals surface area (Å²) in [5.41, 5.74) is 2.76. The lowest BCUT2D eigenvalue weighted by atomic mass is 10.2. The molecule has 0 atom stereocenters. The number of carbonyl (C=O) groups excluding carboxylic acids is 1. The van der Waals surface area contributed by atoms with E-state index in [1.165, 1.54) is 4.90 Å². The number of amides is 2. The first-order valence-electron chi connectivity index (χ1n) is 8.59. The van der Waals surface area contributed by atoms with Gasteiger partial charge >= 0.3 is 6.03 Å². The molecule has 1 heterocycles. The molecule has 1 aromatic heterocycles. The third-order valence-electron chi connectivity index (χ3n) is 4.11. The number of aromatic nitrogens is 1. The zero-order valence-electron chi connectivity index (χ0n) is 15.6. The second-order valence-corrected chi connectivity index (χ2v) is 7.06. The molecule has 0 spiro atoms. The fourth-order valence-corrected chi connectivity index (χ4v) is 3.68. The first-order valence-corrected chi connectivity index (χ1v) is 9.41. The van der Waals surface area contributed by atoms with Crippen LogP contribution in [0.1, 0.15) is 6.92 Å². The molecule has 3 rings (SSSR count). The lowest BCUT2D eigenvalue weighted by molar-refractivity contribution is 0.221. The van der Waals surface area contributed by atoms with Crippen molar-refractivity contribution in [1.29, 1.82) is 0 Å². The van der Waals surface area contributed by atoms with Crippen LogP contribution in [-0.4, -0.2) is 43.2 Å². The van der Waals surface area contributed by atoms with E-state index in [0.29, 0.717) is 6.61 Å². The summed E-state index contributed by atoms with van der Waals surface area (Å²) in [7, 11) is 3.42. The molecule has 27 heavy (non-hydrogen) atoms. The monoisotopic (exact) mass is 379 g/mol. The van der Waals surface area contributed by atoms with E-state index in [1.807, 2.05) is 49.4 Å². The normalized spacial score (nSPS) is 10.4. The van der Waals surface area contributed by atoms with Crippen molar-refractivity contribution in [3.05, 3.63) is 42.5 Å². The number of hydrogen-bond acceptors (Lipinski definition) is 4. The Labute approximate surface area is 163 Å². The van der Waals surface area contributed by atoms with Gasteiger partial charge in [-0.2, -0.15) is 0 Å². The molecule has 2 aromatic carbocycles. The quantitative estimate of drug-likeness (QED) is 0.614. The van der Waals surface area contributed by atoms with Crippen LogP contribution in [0, 0.1) is 12.3 Å². The summed E-state index contributed by atoms with van der Waals surface area (Å²) in [4.78, 5) is 20.1. The summed E-state index contributed by atoms with van der Waals surface area (Å²) < 4.78 is 6.64. The van der Waals surface area contributed by atoms with E-state index in [-0.39, 0.29) is 12.6 Å². The van der Waals surface area contributed by atoms with Gasteiger partial charge in [-0.15, -0.1) is 17.8 Å². The number of nitrogens with zero attached hydrogens (tertiary/aromatic N) is 3. The number of anilines is 1. The average molecular weight is 379 g/mol. The smallest absolute Gasteiger partial charge is 0.324 e. The van der Waals surface area contributed by atoms with E-state index in [4.69, 9.17) is 16.1 Å². The molecule has 6 heteroatoms. The average Bonchev–Trinajstić information content (AvgIpc) is 3.11. The fourth-order valence-electron chi connectivity index (χ4n) is 2.68. The van der Waals surface area contributed by atoms with Crippen LogP contribution in [0.2, 0.25) is 0 Å². The molecular weight excluding hydrogens is 358 g/mol. The van der Waals surface area contributed by atoms with Gasteiger partial charge in [0.1, 0.15) is 10.8 Å². The van der Waals surface area contributed by atoms with Crippen LogP contribution >= 0.6 is 11.3 Å². The molecule has 0 saturated heterocycles. The summed E-state index contributed by atoms with van der Waals surface area (Å²) in [6.07, 6.45) is 5.27. The Kier molecular flexibility index (Phi) is 5.63. The number of fused-ring (bicyclic) bond motifs is 1. The van der Waals surface area contributed by atoms with Gasteiger partial charge in [-0.05, 0) is 49.4 Å². The zero-order valence-corrected chi connectivity index (χ0v) is 16.4. The van der Waals surface area contributed by atoms with Gasteiger partial charge in [-0.1, -0.05) is 5.92 Å². The number of carbonyl (C=O) groups is 1. The van der Waals surface area contributed by atoms with Gasteiger partial charge in [0.25, 0.3) is 0 Å². The predicted molar refractivity (Wildman–Crippen MR) is 111 cm³/mol. The molecule has 0 aliphatic heterocycles. The van der Waals surface area contributed by atoms with Crippen LogP contribution in [0.4, 0.5) is 10.5 Å². The first-order chi connectivity index (χ1) is 13.0. The third-order valence-corrected chi connectivity index (χ3v) is 5.18. The van der Waals surface area contributed by atoms with Crippen LogP contribution in [0.5, 0.6) is 5.75 Å².